The molecule has 0 saturated heterocycles. The van der Waals surface area contributed by atoms with Crippen LogP contribution in [0.15, 0.2) is 89.6 Å². The molecule has 188 valence electrons. The third kappa shape index (κ3) is 4.88. The standard InChI is InChI=1S/C27H20Br2N2O5S/c1-3-35-26(33)21-22(15-7-5-4-6-8-15)30-27-31(23(21)16-9-11-17(34-2)12-10-16)25(32)20(37-27)14-18-13-19(28)24(29)36-18/h4-14,23H,3H2,1-2H3/b20-14+/t23-/m0/s1. The van der Waals surface area contributed by atoms with Crippen LogP contribution in [0.2, 0.25) is 0 Å². The first kappa shape index (κ1) is 25.4. The Kier molecular flexibility index (Phi) is 7.32. The summed E-state index contributed by atoms with van der Waals surface area (Å²) in [7, 11) is 1.58. The lowest BCUT2D eigenvalue weighted by Crippen LogP contribution is -2.40. The molecule has 3 heterocycles. The smallest absolute Gasteiger partial charge is 0.338 e. The molecule has 7 nitrogen and oxygen atoms in total. The normalized spacial score (nSPS) is 15.4. The Hall–Kier alpha value is -3.21. The molecule has 10 heteroatoms. The van der Waals surface area contributed by atoms with E-state index in [0.717, 1.165) is 15.6 Å². The second kappa shape index (κ2) is 10.6. The molecule has 1 atom stereocenters. The highest BCUT2D eigenvalue weighted by Crippen LogP contribution is 2.35. The van der Waals surface area contributed by atoms with E-state index < -0.39 is 12.0 Å². The fourth-order valence-corrected chi connectivity index (χ4v) is 5.69. The van der Waals surface area contributed by atoms with E-state index in [2.05, 4.69) is 31.9 Å². The summed E-state index contributed by atoms with van der Waals surface area (Å²) in [6, 6.07) is 17.7. The van der Waals surface area contributed by atoms with Crippen molar-refractivity contribution in [2.75, 3.05) is 13.7 Å². The predicted octanol–water partition coefficient (Wildman–Crippen LogP) is 5.06. The first-order valence-corrected chi connectivity index (χ1v) is 13.7. The lowest BCUT2D eigenvalue weighted by atomic mass is 9.93. The maximum absolute atomic E-state index is 13.8. The summed E-state index contributed by atoms with van der Waals surface area (Å²) in [6.45, 7) is 1.93. The van der Waals surface area contributed by atoms with Gasteiger partial charge in [0.25, 0.3) is 5.56 Å². The van der Waals surface area contributed by atoms with Gasteiger partial charge in [0.05, 0.1) is 40.0 Å². The van der Waals surface area contributed by atoms with Gasteiger partial charge in [-0.2, -0.15) is 0 Å². The van der Waals surface area contributed by atoms with E-state index in [0.29, 0.717) is 36.8 Å². The van der Waals surface area contributed by atoms with Gasteiger partial charge in [-0.3, -0.25) is 9.36 Å². The van der Waals surface area contributed by atoms with Gasteiger partial charge in [-0.25, -0.2) is 9.79 Å². The van der Waals surface area contributed by atoms with Crippen molar-refractivity contribution >= 4 is 60.9 Å². The van der Waals surface area contributed by atoms with E-state index in [4.69, 9.17) is 18.9 Å². The molecule has 2 aromatic heterocycles. The Morgan fingerprint density at radius 2 is 1.89 bits per heavy atom. The molecule has 5 rings (SSSR count). The van der Waals surface area contributed by atoms with E-state index in [1.54, 1.807) is 42.9 Å². The zero-order chi connectivity index (χ0) is 26.1. The van der Waals surface area contributed by atoms with Gasteiger partial charge in [0.2, 0.25) is 0 Å². The first-order valence-electron chi connectivity index (χ1n) is 11.3. The zero-order valence-corrected chi connectivity index (χ0v) is 23.7. The summed E-state index contributed by atoms with van der Waals surface area (Å²) in [5.74, 6) is 0.632. The Balaban J connectivity index is 1.82. The van der Waals surface area contributed by atoms with Crippen molar-refractivity contribution in [2.45, 2.75) is 13.0 Å². The summed E-state index contributed by atoms with van der Waals surface area (Å²) >= 11 is 7.96. The van der Waals surface area contributed by atoms with Gasteiger partial charge in [-0.1, -0.05) is 53.8 Å². The molecular weight excluding hydrogens is 624 g/mol. The molecule has 0 unspecified atom stereocenters. The molecule has 0 aliphatic carbocycles. The van der Waals surface area contributed by atoms with E-state index in [9.17, 15) is 9.59 Å². The van der Waals surface area contributed by atoms with Gasteiger partial charge in [0.1, 0.15) is 11.5 Å². The van der Waals surface area contributed by atoms with E-state index in [1.165, 1.54) is 11.3 Å². The minimum Gasteiger partial charge on any atom is -0.497 e. The SMILES string of the molecule is CCOC(=O)C1=C(c2ccccc2)N=c2s/c(=C/c3cc(Br)c(Br)o3)c(=O)n2[C@H]1c1ccc(OC)cc1. The zero-order valence-electron chi connectivity index (χ0n) is 19.7. The summed E-state index contributed by atoms with van der Waals surface area (Å²) in [4.78, 5) is 32.5. The number of fused-ring (bicyclic) bond motifs is 1. The summed E-state index contributed by atoms with van der Waals surface area (Å²) in [5, 5.41) is 0. The number of ether oxygens (including phenoxy) is 2. The van der Waals surface area contributed by atoms with Gasteiger partial charge in [-0.15, -0.1) is 0 Å². The molecule has 4 aromatic rings. The van der Waals surface area contributed by atoms with Crippen LogP contribution in [0.25, 0.3) is 11.8 Å². The molecule has 0 spiro atoms. The lowest BCUT2D eigenvalue weighted by Gasteiger charge is -2.26. The van der Waals surface area contributed by atoms with Crippen molar-refractivity contribution in [2.24, 2.45) is 4.99 Å². The molecule has 0 saturated carbocycles. The molecule has 0 amide bonds. The number of aromatic nitrogens is 1. The molecule has 1 aliphatic heterocycles. The molecular formula is C27H20Br2N2O5S. The van der Waals surface area contributed by atoms with Gasteiger partial charge < -0.3 is 13.9 Å². The molecule has 37 heavy (non-hydrogen) atoms. The highest BCUT2D eigenvalue weighted by molar-refractivity contribution is 9.13. The average Bonchev–Trinajstić information content (AvgIpc) is 3.40. The number of halogens is 2. The summed E-state index contributed by atoms with van der Waals surface area (Å²) in [5.41, 5.74) is 1.95. The number of carbonyl (C=O) groups is 1. The number of benzene rings is 2. The topological polar surface area (TPSA) is 83.0 Å². The van der Waals surface area contributed by atoms with Crippen LogP contribution in [0.3, 0.4) is 0 Å². The highest BCUT2D eigenvalue weighted by Gasteiger charge is 2.35. The van der Waals surface area contributed by atoms with Crippen molar-refractivity contribution in [3.63, 3.8) is 0 Å². The fraction of sp³-hybridized carbons (Fsp3) is 0.148. The number of hydrogen-bond acceptors (Lipinski definition) is 7. The number of nitrogens with zero attached hydrogens (tertiary/aromatic N) is 2. The van der Waals surface area contributed by atoms with Crippen molar-refractivity contribution < 1.29 is 18.7 Å². The minimum absolute atomic E-state index is 0.187. The van der Waals surface area contributed by atoms with Crippen LogP contribution < -0.4 is 19.6 Å². The van der Waals surface area contributed by atoms with Gasteiger partial charge in [0.15, 0.2) is 9.47 Å². The van der Waals surface area contributed by atoms with Crippen LogP contribution in [0.5, 0.6) is 5.75 Å². The molecule has 0 N–H and O–H groups in total. The number of esters is 1. The summed E-state index contributed by atoms with van der Waals surface area (Å²) in [6.07, 6.45) is 1.67. The van der Waals surface area contributed by atoms with E-state index in [1.807, 2.05) is 42.5 Å². The number of carbonyl (C=O) groups excluding carboxylic acids is 1. The number of methoxy groups -OCH3 is 1. The van der Waals surface area contributed by atoms with Gasteiger partial charge >= 0.3 is 5.97 Å². The first-order chi connectivity index (χ1) is 17.9. The van der Waals surface area contributed by atoms with Crippen LogP contribution in [0.4, 0.5) is 0 Å². The predicted molar refractivity (Wildman–Crippen MR) is 148 cm³/mol. The number of furan rings is 1. The molecule has 0 fully saturated rings. The van der Waals surface area contributed by atoms with Crippen molar-refractivity contribution in [1.82, 2.24) is 4.57 Å². The highest BCUT2D eigenvalue weighted by atomic mass is 79.9. The van der Waals surface area contributed by atoms with Gasteiger partial charge in [-0.05, 0) is 62.5 Å². The second-order valence-corrected chi connectivity index (χ2v) is 10.6. The monoisotopic (exact) mass is 642 g/mol. The summed E-state index contributed by atoms with van der Waals surface area (Å²) < 4.78 is 19.7. The molecule has 0 radical (unpaired) electrons. The third-order valence-electron chi connectivity index (χ3n) is 5.74. The Morgan fingerprint density at radius 3 is 2.51 bits per heavy atom. The number of rotatable bonds is 6. The maximum atomic E-state index is 13.8. The van der Waals surface area contributed by atoms with Crippen molar-refractivity contribution in [3.05, 3.63) is 112 Å². The van der Waals surface area contributed by atoms with E-state index >= 15 is 0 Å². The van der Waals surface area contributed by atoms with Crippen LogP contribution >= 0.6 is 43.2 Å². The van der Waals surface area contributed by atoms with Gasteiger partial charge in [0, 0.05) is 11.6 Å². The van der Waals surface area contributed by atoms with Crippen LogP contribution in [0.1, 0.15) is 29.9 Å². The molecule has 1 aliphatic rings. The average molecular weight is 644 g/mol. The van der Waals surface area contributed by atoms with Crippen LogP contribution in [-0.4, -0.2) is 24.3 Å². The third-order valence-corrected chi connectivity index (χ3v) is 8.44. The van der Waals surface area contributed by atoms with E-state index in [-0.39, 0.29) is 12.2 Å². The fourth-order valence-electron chi connectivity index (χ4n) is 4.11. The Morgan fingerprint density at radius 1 is 1.16 bits per heavy atom. The number of thiazole rings is 1. The van der Waals surface area contributed by atoms with Crippen molar-refractivity contribution in [3.8, 4) is 5.75 Å². The van der Waals surface area contributed by atoms with Crippen LogP contribution in [-0.2, 0) is 9.53 Å². The molecule has 2 aromatic carbocycles. The van der Waals surface area contributed by atoms with Crippen LogP contribution in [0, 0.1) is 0 Å². The minimum atomic E-state index is -0.756. The Bertz CT molecular complexity index is 1670. The molecule has 0 bridgehead atoms. The Labute approximate surface area is 232 Å². The van der Waals surface area contributed by atoms with Crippen molar-refractivity contribution in [1.29, 1.82) is 0 Å². The lowest BCUT2D eigenvalue weighted by molar-refractivity contribution is -0.138. The second-order valence-electron chi connectivity index (χ2n) is 7.98. The quantitative estimate of drug-likeness (QED) is 0.274. The largest absolute Gasteiger partial charge is 0.497 e. The number of hydrogen-bond donors (Lipinski definition) is 0. The maximum Gasteiger partial charge on any atom is 0.338 e.